The Morgan fingerprint density at radius 2 is 2.20 bits per heavy atom. The van der Waals surface area contributed by atoms with E-state index in [-0.39, 0.29) is 0 Å². The van der Waals surface area contributed by atoms with Crippen LogP contribution in [0, 0.1) is 6.92 Å². The predicted octanol–water partition coefficient (Wildman–Crippen LogP) is 3.49. The Morgan fingerprint density at radius 1 is 1.47 bits per heavy atom. The van der Waals surface area contributed by atoms with Crippen molar-refractivity contribution in [3.63, 3.8) is 0 Å². The summed E-state index contributed by atoms with van der Waals surface area (Å²) in [6.07, 6.45) is -0.170. The van der Waals surface area contributed by atoms with Gasteiger partial charge in [0.15, 0.2) is 0 Å². The fraction of sp³-hybridized carbons (Fsp3) is 0.500. The lowest BCUT2D eigenvalue weighted by Crippen LogP contribution is -2.17. The summed E-state index contributed by atoms with van der Waals surface area (Å²) in [5.41, 5.74) is 2.26. The standard InChI is InChI=1S/C12H17ClFN/c1-9-7-11(3-4-12(9)13)8-15-6-5-10(2)14/h3-4,7,10,15H,5-6,8H2,1-2H3. The Bertz CT molecular complexity index is 312. The lowest BCUT2D eigenvalue weighted by molar-refractivity contribution is 0.336. The molecule has 0 radical (unpaired) electrons. The van der Waals surface area contributed by atoms with Crippen LogP contribution < -0.4 is 5.32 Å². The Balaban J connectivity index is 2.35. The molecule has 0 heterocycles. The maximum Gasteiger partial charge on any atom is 0.0985 e. The van der Waals surface area contributed by atoms with Crippen LogP contribution >= 0.6 is 11.6 Å². The number of hydrogen-bond acceptors (Lipinski definition) is 1. The highest BCUT2D eigenvalue weighted by molar-refractivity contribution is 6.31. The summed E-state index contributed by atoms with van der Waals surface area (Å²) in [4.78, 5) is 0. The molecule has 1 unspecified atom stereocenters. The molecule has 15 heavy (non-hydrogen) atoms. The van der Waals surface area contributed by atoms with E-state index in [0.29, 0.717) is 13.0 Å². The van der Waals surface area contributed by atoms with E-state index in [9.17, 15) is 4.39 Å². The molecule has 3 heteroatoms. The minimum Gasteiger partial charge on any atom is -0.313 e. The van der Waals surface area contributed by atoms with Gasteiger partial charge in [-0.15, -0.1) is 0 Å². The Morgan fingerprint density at radius 3 is 2.80 bits per heavy atom. The van der Waals surface area contributed by atoms with Crippen LogP contribution in [-0.2, 0) is 6.54 Å². The van der Waals surface area contributed by atoms with Crippen molar-refractivity contribution < 1.29 is 4.39 Å². The van der Waals surface area contributed by atoms with E-state index >= 15 is 0 Å². The molecule has 0 saturated heterocycles. The van der Waals surface area contributed by atoms with Crippen LogP contribution in [0.15, 0.2) is 18.2 Å². The molecule has 0 aliphatic carbocycles. The number of aryl methyl sites for hydroxylation is 1. The van der Waals surface area contributed by atoms with Gasteiger partial charge in [-0.1, -0.05) is 23.7 Å². The first kappa shape index (κ1) is 12.5. The number of rotatable bonds is 5. The van der Waals surface area contributed by atoms with E-state index in [1.54, 1.807) is 6.92 Å². The van der Waals surface area contributed by atoms with E-state index < -0.39 is 6.17 Å². The quantitative estimate of drug-likeness (QED) is 0.763. The van der Waals surface area contributed by atoms with Crippen LogP contribution in [0.25, 0.3) is 0 Å². The van der Waals surface area contributed by atoms with Crippen molar-refractivity contribution in [2.24, 2.45) is 0 Å². The fourth-order valence-electron chi connectivity index (χ4n) is 1.35. The molecule has 0 fully saturated rings. The molecule has 0 aromatic heterocycles. The Kier molecular flexibility index (Phi) is 5.06. The summed E-state index contributed by atoms with van der Waals surface area (Å²) in [6, 6.07) is 5.93. The van der Waals surface area contributed by atoms with Crippen molar-refractivity contribution >= 4 is 11.6 Å². The van der Waals surface area contributed by atoms with Gasteiger partial charge in [-0.25, -0.2) is 4.39 Å². The molecule has 0 aliphatic heterocycles. The first-order valence-electron chi connectivity index (χ1n) is 5.19. The fourth-order valence-corrected chi connectivity index (χ4v) is 1.47. The zero-order chi connectivity index (χ0) is 11.3. The molecule has 0 saturated carbocycles. The average Bonchev–Trinajstić information content (AvgIpc) is 2.18. The lowest BCUT2D eigenvalue weighted by Gasteiger charge is -2.07. The van der Waals surface area contributed by atoms with Gasteiger partial charge >= 0.3 is 0 Å². The minimum absolute atomic E-state index is 0.562. The third kappa shape index (κ3) is 4.63. The van der Waals surface area contributed by atoms with Gasteiger partial charge in [0.2, 0.25) is 0 Å². The van der Waals surface area contributed by atoms with Gasteiger partial charge in [-0.2, -0.15) is 0 Å². The minimum atomic E-state index is -0.732. The third-order valence-electron chi connectivity index (χ3n) is 2.27. The molecule has 1 N–H and O–H groups in total. The monoisotopic (exact) mass is 229 g/mol. The first-order chi connectivity index (χ1) is 7.09. The zero-order valence-electron chi connectivity index (χ0n) is 9.19. The summed E-state index contributed by atoms with van der Waals surface area (Å²) in [5.74, 6) is 0. The topological polar surface area (TPSA) is 12.0 Å². The van der Waals surface area contributed by atoms with Crippen LogP contribution in [0.2, 0.25) is 5.02 Å². The third-order valence-corrected chi connectivity index (χ3v) is 2.69. The largest absolute Gasteiger partial charge is 0.313 e. The molecule has 1 atom stereocenters. The van der Waals surface area contributed by atoms with Crippen molar-refractivity contribution in [1.82, 2.24) is 5.32 Å². The lowest BCUT2D eigenvalue weighted by atomic mass is 10.1. The highest BCUT2D eigenvalue weighted by Crippen LogP contribution is 2.15. The molecule has 0 amide bonds. The smallest absolute Gasteiger partial charge is 0.0985 e. The molecular formula is C12H17ClFN. The summed E-state index contributed by atoms with van der Waals surface area (Å²) in [6.45, 7) is 5.04. The molecule has 1 aromatic rings. The van der Waals surface area contributed by atoms with E-state index in [1.165, 1.54) is 5.56 Å². The van der Waals surface area contributed by atoms with Crippen LogP contribution in [0.1, 0.15) is 24.5 Å². The molecule has 1 rings (SSSR count). The van der Waals surface area contributed by atoms with Gasteiger partial charge in [0.25, 0.3) is 0 Å². The van der Waals surface area contributed by atoms with Crippen LogP contribution in [-0.4, -0.2) is 12.7 Å². The SMILES string of the molecule is Cc1cc(CNCCC(C)F)ccc1Cl. The maximum atomic E-state index is 12.5. The van der Waals surface area contributed by atoms with Crippen molar-refractivity contribution in [2.75, 3.05) is 6.54 Å². The zero-order valence-corrected chi connectivity index (χ0v) is 9.94. The molecule has 84 valence electrons. The molecular weight excluding hydrogens is 213 g/mol. The van der Waals surface area contributed by atoms with Crippen molar-refractivity contribution in [2.45, 2.75) is 33.0 Å². The number of alkyl halides is 1. The van der Waals surface area contributed by atoms with E-state index in [1.807, 2.05) is 25.1 Å². The van der Waals surface area contributed by atoms with Crippen molar-refractivity contribution in [3.05, 3.63) is 34.3 Å². The Labute approximate surface area is 95.6 Å². The van der Waals surface area contributed by atoms with Gasteiger partial charge in [-0.3, -0.25) is 0 Å². The molecule has 1 aromatic carbocycles. The average molecular weight is 230 g/mol. The summed E-state index contributed by atoms with van der Waals surface area (Å²) in [7, 11) is 0. The van der Waals surface area contributed by atoms with Gasteiger partial charge in [0.05, 0.1) is 6.17 Å². The van der Waals surface area contributed by atoms with Gasteiger partial charge < -0.3 is 5.32 Å². The van der Waals surface area contributed by atoms with Gasteiger partial charge in [-0.05, 0) is 44.0 Å². The maximum absolute atomic E-state index is 12.5. The molecule has 0 spiro atoms. The van der Waals surface area contributed by atoms with Gasteiger partial charge in [0.1, 0.15) is 0 Å². The van der Waals surface area contributed by atoms with E-state index in [4.69, 9.17) is 11.6 Å². The summed E-state index contributed by atoms with van der Waals surface area (Å²) < 4.78 is 12.5. The highest BCUT2D eigenvalue weighted by atomic mass is 35.5. The van der Waals surface area contributed by atoms with Crippen LogP contribution in [0.3, 0.4) is 0 Å². The number of benzene rings is 1. The normalized spacial score (nSPS) is 12.8. The second-order valence-electron chi connectivity index (χ2n) is 3.83. The molecule has 1 nitrogen and oxygen atoms in total. The number of hydrogen-bond donors (Lipinski definition) is 1. The first-order valence-corrected chi connectivity index (χ1v) is 5.57. The number of nitrogens with one attached hydrogen (secondary N) is 1. The van der Waals surface area contributed by atoms with Crippen LogP contribution in [0.5, 0.6) is 0 Å². The Hall–Kier alpha value is -0.600. The van der Waals surface area contributed by atoms with Crippen LogP contribution in [0.4, 0.5) is 4.39 Å². The molecule has 0 aliphatic rings. The second-order valence-corrected chi connectivity index (χ2v) is 4.24. The van der Waals surface area contributed by atoms with E-state index in [2.05, 4.69) is 5.32 Å². The number of halogens is 2. The van der Waals surface area contributed by atoms with E-state index in [0.717, 1.165) is 17.1 Å². The summed E-state index contributed by atoms with van der Waals surface area (Å²) in [5, 5.41) is 3.98. The molecule has 0 bridgehead atoms. The second kappa shape index (κ2) is 6.09. The van der Waals surface area contributed by atoms with Gasteiger partial charge in [0, 0.05) is 11.6 Å². The van der Waals surface area contributed by atoms with Crippen molar-refractivity contribution in [3.8, 4) is 0 Å². The van der Waals surface area contributed by atoms with Crippen molar-refractivity contribution in [1.29, 1.82) is 0 Å². The predicted molar refractivity (Wildman–Crippen MR) is 63.1 cm³/mol. The highest BCUT2D eigenvalue weighted by Gasteiger charge is 1.99. The summed E-state index contributed by atoms with van der Waals surface area (Å²) >= 11 is 5.91.